The van der Waals surface area contributed by atoms with Crippen LogP contribution in [0.2, 0.25) is 0 Å². The molecule has 6 heteroatoms. The Labute approximate surface area is 91.3 Å². The molecule has 0 saturated carbocycles. The zero-order valence-electron chi connectivity index (χ0n) is 8.64. The van der Waals surface area contributed by atoms with Crippen LogP contribution in [0.3, 0.4) is 0 Å². The third-order valence-corrected chi connectivity index (χ3v) is 2.17. The van der Waals surface area contributed by atoms with Crippen LogP contribution in [0.4, 0.5) is 5.69 Å². The average Bonchev–Trinajstić information content (AvgIpc) is 2.17. The first-order valence-electron chi connectivity index (χ1n) is 4.71. The van der Waals surface area contributed by atoms with Crippen LogP contribution >= 0.6 is 0 Å². The summed E-state index contributed by atoms with van der Waals surface area (Å²) in [6, 6.07) is 2.20. The second-order valence-corrected chi connectivity index (χ2v) is 3.27. The highest BCUT2D eigenvalue weighted by atomic mass is 16.6. The number of aromatic carboxylic acids is 1. The van der Waals surface area contributed by atoms with Crippen molar-refractivity contribution >= 4 is 11.7 Å². The fourth-order valence-electron chi connectivity index (χ4n) is 1.53. The highest BCUT2D eigenvalue weighted by Crippen LogP contribution is 2.33. The molecule has 0 atom stereocenters. The Morgan fingerprint density at radius 1 is 1.50 bits per heavy atom. The molecule has 0 aliphatic heterocycles. The minimum Gasteiger partial charge on any atom is -0.502 e. The molecule has 6 nitrogen and oxygen atoms in total. The first-order valence-corrected chi connectivity index (χ1v) is 4.71. The Bertz CT molecular complexity index is 441. The third kappa shape index (κ3) is 2.10. The maximum atomic E-state index is 10.9. The summed E-state index contributed by atoms with van der Waals surface area (Å²) in [6.45, 7) is 1.78. The number of rotatable bonds is 4. The van der Waals surface area contributed by atoms with Crippen molar-refractivity contribution in [3.63, 3.8) is 0 Å². The van der Waals surface area contributed by atoms with E-state index in [0.29, 0.717) is 6.42 Å². The van der Waals surface area contributed by atoms with Gasteiger partial charge in [0.1, 0.15) is 0 Å². The van der Waals surface area contributed by atoms with E-state index in [2.05, 4.69) is 0 Å². The van der Waals surface area contributed by atoms with Gasteiger partial charge in [0.2, 0.25) is 0 Å². The van der Waals surface area contributed by atoms with Crippen molar-refractivity contribution in [2.75, 3.05) is 0 Å². The van der Waals surface area contributed by atoms with Crippen LogP contribution in [0.5, 0.6) is 5.75 Å². The average molecular weight is 225 g/mol. The third-order valence-electron chi connectivity index (χ3n) is 2.17. The summed E-state index contributed by atoms with van der Waals surface area (Å²) in [5.41, 5.74) is -0.576. The monoisotopic (exact) mass is 225 g/mol. The normalized spacial score (nSPS) is 10.1. The molecule has 1 aromatic rings. The lowest BCUT2D eigenvalue weighted by atomic mass is 10.0. The van der Waals surface area contributed by atoms with Gasteiger partial charge in [-0.25, -0.2) is 4.79 Å². The Hall–Kier alpha value is -2.11. The molecule has 0 bridgehead atoms. The summed E-state index contributed by atoms with van der Waals surface area (Å²) < 4.78 is 0. The maximum Gasteiger partial charge on any atom is 0.336 e. The van der Waals surface area contributed by atoms with Crippen LogP contribution in [0.15, 0.2) is 12.1 Å². The zero-order valence-corrected chi connectivity index (χ0v) is 8.64. The van der Waals surface area contributed by atoms with Crippen LogP contribution in [-0.4, -0.2) is 21.1 Å². The maximum absolute atomic E-state index is 10.9. The van der Waals surface area contributed by atoms with Crippen molar-refractivity contribution in [2.24, 2.45) is 0 Å². The second kappa shape index (κ2) is 4.61. The van der Waals surface area contributed by atoms with E-state index in [-0.39, 0.29) is 17.5 Å². The quantitative estimate of drug-likeness (QED) is 0.602. The van der Waals surface area contributed by atoms with Gasteiger partial charge in [-0.1, -0.05) is 13.3 Å². The summed E-state index contributed by atoms with van der Waals surface area (Å²) in [7, 11) is 0. The molecule has 0 heterocycles. The second-order valence-electron chi connectivity index (χ2n) is 3.27. The molecule has 0 radical (unpaired) electrons. The lowest BCUT2D eigenvalue weighted by Crippen LogP contribution is -2.06. The molecule has 0 fully saturated rings. The molecule has 86 valence electrons. The first-order chi connectivity index (χ1) is 7.49. The minimum atomic E-state index is -1.23. The lowest BCUT2D eigenvalue weighted by molar-refractivity contribution is -0.386. The fourth-order valence-corrected chi connectivity index (χ4v) is 1.53. The molecular formula is C10H11NO5. The van der Waals surface area contributed by atoms with Gasteiger partial charge in [0.15, 0.2) is 5.75 Å². The number of benzene rings is 1. The predicted molar refractivity (Wildman–Crippen MR) is 55.7 cm³/mol. The molecule has 16 heavy (non-hydrogen) atoms. The Balaban J connectivity index is 3.49. The lowest BCUT2D eigenvalue weighted by Gasteiger charge is -2.06. The summed E-state index contributed by atoms with van der Waals surface area (Å²) in [5.74, 6) is -1.73. The molecule has 0 spiro atoms. The largest absolute Gasteiger partial charge is 0.502 e. The van der Waals surface area contributed by atoms with Gasteiger partial charge in [0, 0.05) is 5.56 Å². The smallest absolute Gasteiger partial charge is 0.336 e. The molecular weight excluding hydrogens is 214 g/mol. The van der Waals surface area contributed by atoms with Gasteiger partial charge in [0.05, 0.1) is 10.5 Å². The molecule has 0 aromatic heterocycles. The molecule has 0 amide bonds. The van der Waals surface area contributed by atoms with Crippen LogP contribution < -0.4 is 0 Å². The van der Waals surface area contributed by atoms with Crippen molar-refractivity contribution in [1.82, 2.24) is 0 Å². The molecule has 0 aliphatic carbocycles. The van der Waals surface area contributed by atoms with Gasteiger partial charge in [-0.2, -0.15) is 0 Å². The Morgan fingerprint density at radius 3 is 2.56 bits per heavy atom. The van der Waals surface area contributed by atoms with Crippen molar-refractivity contribution < 1.29 is 19.9 Å². The van der Waals surface area contributed by atoms with Gasteiger partial charge in [-0.05, 0) is 18.6 Å². The number of nitrogens with zero attached hydrogens (tertiary/aromatic N) is 1. The van der Waals surface area contributed by atoms with Gasteiger partial charge in [-0.15, -0.1) is 0 Å². The van der Waals surface area contributed by atoms with Gasteiger partial charge < -0.3 is 10.2 Å². The number of carboxylic acid groups (broad SMARTS) is 1. The van der Waals surface area contributed by atoms with E-state index < -0.39 is 22.3 Å². The summed E-state index contributed by atoms with van der Waals surface area (Å²) >= 11 is 0. The highest BCUT2D eigenvalue weighted by molar-refractivity contribution is 5.91. The van der Waals surface area contributed by atoms with E-state index in [1.807, 2.05) is 0 Å². The molecule has 0 unspecified atom stereocenters. The van der Waals surface area contributed by atoms with E-state index in [4.69, 9.17) is 5.11 Å². The molecule has 2 N–H and O–H groups in total. The predicted octanol–water partition coefficient (Wildman–Crippen LogP) is 1.95. The summed E-state index contributed by atoms with van der Waals surface area (Å²) in [5, 5.41) is 29.0. The van der Waals surface area contributed by atoms with E-state index in [1.165, 1.54) is 6.07 Å². The first kappa shape index (κ1) is 12.0. The van der Waals surface area contributed by atoms with Gasteiger partial charge >= 0.3 is 11.7 Å². The number of phenolic OH excluding ortho intramolecular Hbond substituents is 1. The van der Waals surface area contributed by atoms with Crippen molar-refractivity contribution in [2.45, 2.75) is 19.8 Å². The number of hydrogen-bond acceptors (Lipinski definition) is 4. The highest BCUT2D eigenvalue weighted by Gasteiger charge is 2.24. The number of aromatic hydroxyl groups is 1. The number of hydrogen-bond donors (Lipinski definition) is 2. The van der Waals surface area contributed by atoms with E-state index in [1.54, 1.807) is 6.92 Å². The van der Waals surface area contributed by atoms with E-state index in [0.717, 1.165) is 6.07 Å². The molecule has 0 saturated heterocycles. The Kier molecular flexibility index (Phi) is 3.44. The van der Waals surface area contributed by atoms with Crippen LogP contribution in [0.25, 0.3) is 0 Å². The Morgan fingerprint density at radius 2 is 2.12 bits per heavy atom. The molecule has 1 rings (SSSR count). The van der Waals surface area contributed by atoms with Gasteiger partial charge in [-0.3, -0.25) is 10.1 Å². The van der Waals surface area contributed by atoms with Crippen LogP contribution in [0, 0.1) is 10.1 Å². The summed E-state index contributed by atoms with van der Waals surface area (Å²) in [4.78, 5) is 20.9. The van der Waals surface area contributed by atoms with Crippen LogP contribution in [0.1, 0.15) is 29.3 Å². The minimum absolute atomic E-state index is 0.0694. The SMILES string of the molecule is CCCc1c(C(=O)O)ccc(O)c1[N+](=O)[O-]. The topological polar surface area (TPSA) is 101 Å². The number of phenols is 1. The van der Waals surface area contributed by atoms with Crippen molar-refractivity contribution in [3.05, 3.63) is 33.4 Å². The van der Waals surface area contributed by atoms with Gasteiger partial charge in [0.25, 0.3) is 0 Å². The number of nitro groups is 1. The molecule has 1 aromatic carbocycles. The van der Waals surface area contributed by atoms with Crippen LogP contribution in [-0.2, 0) is 6.42 Å². The zero-order chi connectivity index (χ0) is 12.3. The number of carboxylic acids is 1. The van der Waals surface area contributed by atoms with Crippen molar-refractivity contribution in [3.8, 4) is 5.75 Å². The summed E-state index contributed by atoms with van der Waals surface area (Å²) in [6.07, 6.45) is 0.802. The van der Waals surface area contributed by atoms with E-state index in [9.17, 15) is 20.0 Å². The number of carbonyl (C=O) groups is 1. The fraction of sp³-hybridized carbons (Fsp3) is 0.300. The standard InChI is InChI=1S/C10H11NO5/c1-2-3-6-7(10(13)14)4-5-8(12)9(6)11(15)16/h4-5,12H,2-3H2,1H3,(H,13,14). The number of nitro benzene ring substituents is 1. The van der Waals surface area contributed by atoms with Crippen molar-refractivity contribution in [1.29, 1.82) is 0 Å². The van der Waals surface area contributed by atoms with E-state index >= 15 is 0 Å². The molecule has 0 aliphatic rings.